The molecule has 19 aromatic rings. The van der Waals surface area contributed by atoms with Gasteiger partial charge in [-0.2, -0.15) is 0 Å². The highest BCUT2D eigenvalue weighted by Crippen LogP contribution is 2.62. The first-order valence-electron chi connectivity index (χ1n) is 54.9. The Morgan fingerprint density at radius 3 is 0.864 bits per heavy atom. The summed E-state index contributed by atoms with van der Waals surface area (Å²) in [5, 5.41) is 7.76. The van der Waals surface area contributed by atoms with Gasteiger partial charge in [-0.15, -0.1) is 0 Å². The van der Waals surface area contributed by atoms with Gasteiger partial charge in [-0.05, 0) is 403 Å². The van der Waals surface area contributed by atoms with Gasteiger partial charge in [0.2, 0.25) is 0 Å². The largest absolute Gasteiger partial charge is 0.308 e. The summed E-state index contributed by atoms with van der Waals surface area (Å²) in [6, 6.07) is 92.0. The van der Waals surface area contributed by atoms with Gasteiger partial charge < -0.3 is 8.80 Å². The number of fused-ring (bicyclic) bond motifs is 28. The van der Waals surface area contributed by atoms with E-state index in [0.717, 1.165) is 164 Å². The van der Waals surface area contributed by atoms with E-state index in [1.54, 1.807) is 0 Å². The fraction of sp³-hybridized carbons (Fsp3) is 0.324. The van der Waals surface area contributed by atoms with Gasteiger partial charge in [0.1, 0.15) is 0 Å². The number of benzene rings is 15. The maximum absolute atomic E-state index is 15.3. The molecule has 29 rings (SSSR count). The van der Waals surface area contributed by atoms with Crippen LogP contribution in [0.4, 0.5) is 0 Å². The average molecular weight is 1820 g/mol. The molecule has 0 radical (unpaired) electrons. The predicted molar refractivity (Wildman–Crippen MR) is 590 cm³/mol. The minimum absolute atomic E-state index is 0.00343. The van der Waals surface area contributed by atoms with E-state index < -0.39 is 0 Å². The van der Waals surface area contributed by atoms with Crippen LogP contribution in [0, 0.1) is 39.5 Å². The van der Waals surface area contributed by atoms with Crippen molar-refractivity contribution in [1.29, 1.82) is 0 Å². The molecule has 4 bridgehead atoms. The van der Waals surface area contributed by atoms with Crippen molar-refractivity contribution in [2.75, 3.05) is 0 Å². The molecule has 4 nitrogen and oxygen atoms in total. The second-order valence-electron chi connectivity index (χ2n) is 45.8. The van der Waals surface area contributed by atoms with E-state index in [1.165, 1.54) is 255 Å². The van der Waals surface area contributed by atoms with Gasteiger partial charge in [-0.25, -0.2) is 0 Å². The predicted octanol–water partition coefficient (Wildman–Crippen LogP) is 37.6. The topological polar surface area (TPSA) is 43.0 Å². The lowest BCUT2D eigenvalue weighted by atomic mass is 9.70. The van der Waals surface area contributed by atoms with Crippen LogP contribution in [0.15, 0.2) is 243 Å². The number of hydrogen-bond donors (Lipinski definition) is 0. The Morgan fingerprint density at radius 2 is 0.543 bits per heavy atom. The van der Waals surface area contributed by atoms with Gasteiger partial charge in [0.15, 0.2) is 11.6 Å². The number of carbonyl (C=O) groups is 2. The maximum Gasteiger partial charge on any atom is 0.166 e. The quantitative estimate of drug-likeness (QED) is 0.0635. The summed E-state index contributed by atoms with van der Waals surface area (Å²) in [7, 11) is 0. The molecule has 2 saturated carbocycles. The van der Waals surface area contributed by atoms with Gasteiger partial charge in [0.05, 0.1) is 35.8 Å². The number of ketones is 2. The summed E-state index contributed by atoms with van der Waals surface area (Å²) >= 11 is 0. The van der Waals surface area contributed by atoms with Crippen molar-refractivity contribution in [3.05, 3.63) is 332 Å². The third kappa shape index (κ3) is 12.4. The SMILES string of the molecule is [2H]c1c2c3cc(-c4c(C)cc(-c5ccc6c(c5)C(CCCCC)(CCCCC)c5cc(-c7ccc8c(c7)C(C)(C)c7ccccc7-8)ccc5-6)cc4C)cc4c5cc6c(cc5n(c2c([2H])c2c5cc(-c7c(C)cc(-c8ccc9c(c8)C(CCCCC)(CCCCC)c8cc(-c%10ccc%11c(c%10)C(C)(C)c%10ccccc%10-%11)ccc8-9)cc7C)cc7c8cc9c(cc8n(c12)c75)C(=O)C1CCC9CC1)c43)C(=O)C1CCC6CC1. The zero-order valence-electron chi connectivity index (χ0n) is 85.9. The van der Waals surface area contributed by atoms with Crippen LogP contribution < -0.4 is 0 Å². The summed E-state index contributed by atoms with van der Waals surface area (Å²) in [5.41, 5.74) is 50.7. The molecule has 0 N–H and O–H groups in total. The fourth-order valence-corrected chi connectivity index (χ4v) is 30.3. The molecule has 15 aromatic carbocycles. The summed E-state index contributed by atoms with van der Waals surface area (Å²) in [5.74, 6) is 1.09. The molecular formula is C136H128N2O2. The highest BCUT2D eigenvalue weighted by molar-refractivity contribution is 6.31. The molecule has 0 spiro atoms. The van der Waals surface area contributed by atoms with Crippen molar-refractivity contribution in [2.24, 2.45) is 11.8 Å². The molecule has 10 aliphatic carbocycles. The Balaban J connectivity index is 0.617. The van der Waals surface area contributed by atoms with Crippen molar-refractivity contribution in [2.45, 2.75) is 271 Å². The third-order valence-corrected chi connectivity index (χ3v) is 37.3. The van der Waals surface area contributed by atoms with Crippen molar-refractivity contribution in [3.63, 3.8) is 0 Å². The van der Waals surface area contributed by atoms with E-state index in [9.17, 15) is 2.74 Å². The second kappa shape index (κ2) is 31.9. The van der Waals surface area contributed by atoms with E-state index in [4.69, 9.17) is 0 Å². The molecule has 4 heterocycles. The number of unbranched alkanes of at least 4 members (excludes halogenated alkanes) is 8. The van der Waals surface area contributed by atoms with Crippen LogP contribution in [0.1, 0.15) is 323 Å². The molecule has 2 fully saturated rings. The smallest absolute Gasteiger partial charge is 0.166 e. The number of aryl methyl sites for hydroxylation is 4. The third-order valence-electron chi connectivity index (χ3n) is 37.3. The lowest BCUT2D eigenvalue weighted by Crippen LogP contribution is -2.25. The molecule has 0 saturated heterocycles. The summed E-state index contributed by atoms with van der Waals surface area (Å²) in [6.45, 7) is 28.3. The second-order valence-corrected chi connectivity index (χ2v) is 45.8. The lowest BCUT2D eigenvalue weighted by Gasteiger charge is -2.33. The summed E-state index contributed by atoms with van der Waals surface area (Å²) < 4.78 is 27.7. The van der Waals surface area contributed by atoms with Crippen molar-refractivity contribution in [3.8, 4) is 111 Å². The highest BCUT2D eigenvalue weighted by atomic mass is 16.1. The zero-order valence-corrected chi connectivity index (χ0v) is 83.9. The highest BCUT2D eigenvalue weighted by Gasteiger charge is 2.48. The minimum atomic E-state index is -0.151. The van der Waals surface area contributed by atoms with Gasteiger partial charge in [-0.3, -0.25) is 9.59 Å². The molecule has 4 heteroatoms. The van der Waals surface area contributed by atoms with E-state index in [1.807, 2.05) is 0 Å². The zero-order chi connectivity index (χ0) is 96.5. The van der Waals surface area contributed by atoms with Crippen LogP contribution in [0.3, 0.4) is 0 Å². The number of hydrogen-bond acceptors (Lipinski definition) is 2. The Hall–Kier alpha value is -12.8. The maximum atomic E-state index is 15.3. The van der Waals surface area contributed by atoms with Crippen LogP contribution in [0.2, 0.25) is 0 Å². The van der Waals surface area contributed by atoms with Crippen molar-refractivity contribution >= 4 is 87.8 Å². The van der Waals surface area contributed by atoms with Crippen LogP contribution in [0.25, 0.3) is 187 Å². The Morgan fingerprint density at radius 1 is 0.264 bits per heavy atom. The minimum Gasteiger partial charge on any atom is -0.308 e. The summed E-state index contributed by atoms with van der Waals surface area (Å²) in [4.78, 5) is 30.5. The van der Waals surface area contributed by atoms with Gasteiger partial charge >= 0.3 is 0 Å². The summed E-state index contributed by atoms with van der Waals surface area (Å²) in [6.07, 6.45) is 26.3. The number of aromatic nitrogens is 2. The van der Waals surface area contributed by atoms with Crippen LogP contribution in [-0.4, -0.2) is 20.4 Å². The molecule has 694 valence electrons. The van der Waals surface area contributed by atoms with E-state index in [2.05, 4.69) is 322 Å². The average Bonchev–Trinajstić information content (AvgIpc) is 1.49. The van der Waals surface area contributed by atoms with E-state index >= 15 is 9.59 Å². The lowest BCUT2D eigenvalue weighted by molar-refractivity contribution is 0.0891. The Bertz CT molecular complexity index is 8120. The molecule has 0 atom stereocenters. The molecule has 10 aliphatic rings. The van der Waals surface area contributed by atoms with Crippen molar-refractivity contribution < 1.29 is 12.3 Å². The van der Waals surface area contributed by atoms with Crippen LogP contribution in [-0.2, 0) is 21.7 Å². The van der Waals surface area contributed by atoms with Crippen LogP contribution >= 0.6 is 0 Å². The number of rotatable bonds is 22. The van der Waals surface area contributed by atoms with Gasteiger partial charge in [-0.1, -0.05) is 278 Å². The van der Waals surface area contributed by atoms with Crippen LogP contribution in [0.5, 0.6) is 0 Å². The number of Topliss-reactive ketones (excluding diaryl/α,β-unsaturated/α-hetero) is 2. The molecule has 0 aliphatic heterocycles. The fourth-order valence-electron chi connectivity index (χ4n) is 30.3. The first-order chi connectivity index (χ1) is 69.0. The number of nitrogens with zero attached hydrogens (tertiary/aromatic N) is 2. The van der Waals surface area contributed by atoms with Gasteiger partial charge in [0.25, 0.3) is 0 Å². The number of carbonyl (C=O) groups excluding carboxylic acids is 2. The van der Waals surface area contributed by atoms with E-state index in [0.29, 0.717) is 35.0 Å². The monoisotopic (exact) mass is 1820 g/mol. The molecule has 4 aromatic heterocycles. The molecule has 140 heavy (non-hydrogen) atoms. The Labute approximate surface area is 828 Å². The Kier molecular flexibility index (Phi) is 19.2. The first-order valence-corrected chi connectivity index (χ1v) is 53.9. The van der Waals surface area contributed by atoms with Crippen molar-refractivity contribution in [1.82, 2.24) is 8.80 Å². The first kappa shape index (κ1) is 84.1. The standard InChI is InChI=1S/C136H128N2O2/c1-13-17-25-53-135(54-26-18-14-2)119-67-87(85-41-47-97-95-29-21-23-31-115(95)133(9,10)117(97)65-85)43-49-99(119)101-51-45-89(69-121(101)135)91-57-77(5)127(78(6)58-91)93-61-109-105-71-103-81-33-37-83(38-34-81)131(139)113(103)75-125(105)137-123-74-108-112-64-94(62-110-106-72-104-82-35-39-84(40-36-82)132(140)114(104)76-126(106)138(130(110)112)124(108)73-107(123)111(63-93)129(109)137)128-79(7)59-92(60-80(128)8)90-46-52-102-100-50-44-88(68-120(100)136(122(102)70-90,55-27-19-15-3)56-28-20-16-4)86-42-48-98-96-30-22-24-32-116(96)134(11,12)118(98)66-86/h21-24,29-32,41-52,57-76,81-84H,13-20,25-28,33-40,53-56H2,1-12H3/i73D,74D. The van der Waals surface area contributed by atoms with E-state index in [-0.39, 0.29) is 45.1 Å². The molecular weight excluding hydrogens is 1690 g/mol. The van der Waals surface area contributed by atoms with Gasteiger partial charge in [0, 0.05) is 87.7 Å². The normalized spacial score (nSPS) is 18.5. The molecule has 0 amide bonds. The molecule has 0 unspecified atom stereocenters.